The van der Waals surface area contributed by atoms with Crippen LogP contribution in [0, 0.1) is 0 Å². The van der Waals surface area contributed by atoms with E-state index in [1.165, 1.54) is 11.0 Å². The van der Waals surface area contributed by atoms with Crippen molar-refractivity contribution in [3.05, 3.63) is 11.9 Å². The van der Waals surface area contributed by atoms with Gasteiger partial charge < -0.3 is 10.1 Å². The van der Waals surface area contributed by atoms with Gasteiger partial charge in [-0.25, -0.2) is 4.79 Å². The number of rotatable bonds is 4. The second-order valence-corrected chi connectivity index (χ2v) is 2.73. The van der Waals surface area contributed by atoms with E-state index in [0.29, 0.717) is 12.3 Å². The third-order valence-corrected chi connectivity index (χ3v) is 1.72. The number of hydrogen-bond acceptors (Lipinski definition) is 5. The molecular formula is C8H14N4O2. The zero-order valence-electron chi connectivity index (χ0n) is 8.52. The normalized spacial score (nSPS) is 12.5. The van der Waals surface area contributed by atoms with Crippen LogP contribution in [0.1, 0.15) is 18.7 Å². The van der Waals surface area contributed by atoms with Crippen molar-refractivity contribution in [3.63, 3.8) is 0 Å². The van der Waals surface area contributed by atoms with Crippen molar-refractivity contribution in [1.29, 1.82) is 0 Å². The Labute approximate surface area is 82.2 Å². The van der Waals surface area contributed by atoms with Gasteiger partial charge in [0.05, 0.1) is 12.8 Å². The summed E-state index contributed by atoms with van der Waals surface area (Å²) in [4.78, 5) is 12.8. The van der Waals surface area contributed by atoms with E-state index < -0.39 is 6.04 Å². The molecule has 1 unspecified atom stereocenters. The van der Waals surface area contributed by atoms with Gasteiger partial charge in [0.2, 0.25) is 0 Å². The highest BCUT2D eigenvalue weighted by Crippen LogP contribution is 2.09. The van der Waals surface area contributed by atoms with Crippen LogP contribution in [0.25, 0.3) is 0 Å². The average Bonchev–Trinajstić information content (AvgIpc) is 2.54. The SMILES string of the molecule is CCOC(=O)C(NC)c1cnn(C)n1. The number of likely N-dealkylation sites (N-methyl/N-ethyl adjacent to an activating group) is 1. The van der Waals surface area contributed by atoms with Gasteiger partial charge in [0.15, 0.2) is 6.04 Å². The monoisotopic (exact) mass is 198 g/mol. The van der Waals surface area contributed by atoms with Gasteiger partial charge in [0.1, 0.15) is 5.69 Å². The maximum atomic E-state index is 11.4. The van der Waals surface area contributed by atoms with Gasteiger partial charge in [-0.15, -0.1) is 0 Å². The molecule has 0 bridgehead atoms. The summed E-state index contributed by atoms with van der Waals surface area (Å²) in [5.41, 5.74) is 0.563. The summed E-state index contributed by atoms with van der Waals surface area (Å²) < 4.78 is 4.88. The molecule has 0 aliphatic rings. The van der Waals surface area contributed by atoms with Crippen LogP contribution >= 0.6 is 0 Å². The van der Waals surface area contributed by atoms with E-state index in [1.54, 1.807) is 21.0 Å². The minimum absolute atomic E-state index is 0.337. The minimum Gasteiger partial charge on any atom is -0.465 e. The fourth-order valence-corrected chi connectivity index (χ4v) is 1.11. The number of aromatic nitrogens is 3. The van der Waals surface area contributed by atoms with Crippen LogP contribution in [0.3, 0.4) is 0 Å². The van der Waals surface area contributed by atoms with E-state index in [0.717, 1.165) is 0 Å². The molecule has 0 saturated carbocycles. The smallest absolute Gasteiger partial charge is 0.329 e. The van der Waals surface area contributed by atoms with E-state index in [2.05, 4.69) is 15.5 Å². The van der Waals surface area contributed by atoms with E-state index >= 15 is 0 Å². The molecule has 1 rings (SSSR count). The molecule has 1 aromatic heterocycles. The molecule has 78 valence electrons. The third kappa shape index (κ3) is 2.29. The summed E-state index contributed by atoms with van der Waals surface area (Å²) in [5.74, 6) is -0.337. The Morgan fingerprint density at radius 1 is 1.79 bits per heavy atom. The summed E-state index contributed by atoms with van der Waals surface area (Å²) in [6.45, 7) is 2.12. The molecule has 6 heteroatoms. The van der Waals surface area contributed by atoms with Crippen molar-refractivity contribution >= 4 is 5.97 Å². The molecule has 1 N–H and O–H groups in total. The summed E-state index contributed by atoms with van der Waals surface area (Å²) in [6, 6.07) is -0.538. The van der Waals surface area contributed by atoms with Crippen LogP contribution < -0.4 is 5.32 Å². The fourth-order valence-electron chi connectivity index (χ4n) is 1.11. The Hall–Kier alpha value is -1.43. The number of ether oxygens (including phenoxy) is 1. The minimum atomic E-state index is -0.538. The quantitative estimate of drug-likeness (QED) is 0.669. The van der Waals surface area contributed by atoms with Gasteiger partial charge in [-0.3, -0.25) is 0 Å². The number of aryl methyl sites for hydroxylation is 1. The molecule has 0 aliphatic heterocycles. The molecule has 0 fully saturated rings. The highest BCUT2D eigenvalue weighted by atomic mass is 16.5. The van der Waals surface area contributed by atoms with Crippen LogP contribution in [-0.2, 0) is 16.6 Å². The lowest BCUT2D eigenvalue weighted by Crippen LogP contribution is -2.27. The maximum Gasteiger partial charge on any atom is 0.329 e. The summed E-state index contributed by atoms with van der Waals surface area (Å²) in [7, 11) is 3.37. The van der Waals surface area contributed by atoms with E-state index in [1.807, 2.05) is 0 Å². The Bertz CT molecular complexity index is 310. The zero-order chi connectivity index (χ0) is 10.6. The fraction of sp³-hybridized carbons (Fsp3) is 0.625. The second-order valence-electron chi connectivity index (χ2n) is 2.73. The topological polar surface area (TPSA) is 69.0 Å². The van der Waals surface area contributed by atoms with Gasteiger partial charge in [0.25, 0.3) is 0 Å². The predicted molar refractivity (Wildman–Crippen MR) is 49.4 cm³/mol. The number of hydrogen-bond donors (Lipinski definition) is 1. The van der Waals surface area contributed by atoms with Gasteiger partial charge in [-0.1, -0.05) is 0 Å². The van der Waals surface area contributed by atoms with Gasteiger partial charge in [-0.05, 0) is 14.0 Å². The van der Waals surface area contributed by atoms with Crippen molar-refractivity contribution in [1.82, 2.24) is 20.3 Å². The number of nitrogens with zero attached hydrogens (tertiary/aromatic N) is 3. The van der Waals surface area contributed by atoms with Crippen molar-refractivity contribution in [3.8, 4) is 0 Å². The average molecular weight is 198 g/mol. The van der Waals surface area contributed by atoms with Crippen LogP contribution in [0.15, 0.2) is 6.20 Å². The standard InChI is InChI=1S/C8H14N4O2/c1-4-14-8(13)7(9-2)6-5-10-12(3)11-6/h5,7,9H,4H2,1-3H3. The second kappa shape index (κ2) is 4.71. The lowest BCUT2D eigenvalue weighted by Gasteiger charge is -2.10. The first-order valence-corrected chi connectivity index (χ1v) is 4.39. The molecular weight excluding hydrogens is 184 g/mol. The Morgan fingerprint density at radius 2 is 2.50 bits per heavy atom. The van der Waals surface area contributed by atoms with E-state index in [-0.39, 0.29) is 5.97 Å². The Balaban J connectivity index is 2.76. The molecule has 1 heterocycles. The summed E-state index contributed by atoms with van der Waals surface area (Å²) in [5, 5.41) is 10.7. The van der Waals surface area contributed by atoms with E-state index in [9.17, 15) is 4.79 Å². The summed E-state index contributed by atoms with van der Waals surface area (Å²) in [6.07, 6.45) is 1.54. The number of nitrogens with one attached hydrogen (secondary N) is 1. The van der Waals surface area contributed by atoms with Crippen LogP contribution in [0.4, 0.5) is 0 Å². The maximum absolute atomic E-state index is 11.4. The molecule has 1 aromatic rings. The Kier molecular flexibility index (Phi) is 3.58. The first-order valence-electron chi connectivity index (χ1n) is 4.39. The molecule has 14 heavy (non-hydrogen) atoms. The zero-order valence-corrected chi connectivity index (χ0v) is 8.52. The first-order chi connectivity index (χ1) is 6.69. The highest BCUT2D eigenvalue weighted by Gasteiger charge is 2.22. The van der Waals surface area contributed by atoms with Crippen LogP contribution in [-0.4, -0.2) is 34.6 Å². The molecule has 0 aromatic carbocycles. The molecule has 1 atom stereocenters. The molecule has 0 radical (unpaired) electrons. The summed E-state index contributed by atoms with van der Waals surface area (Å²) >= 11 is 0. The molecule has 0 amide bonds. The van der Waals surface area contributed by atoms with Crippen molar-refractivity contribution in [2.24, 2.45) is 7.05 Å². The van der Waals surface area contributed by atoms with Crippen molar-refractivity contribution in [2.45, 2.75) is 13.0 Å². The van der Waals surface area contributed by atoms with Gasteiger partial charge >= 0.3 is 5.97 Å². The number of carbonyl (C=O) groups is 1. The highest BCUT2D eigenvalue weighted by molar-refractivity contribution is 5.76. The first kappa shape index (κ1) is 10.6. The number of esters is 1. The molecule has 6 nitrogen and oxygen atoms in total. The third-order valence-electron chi connectivity index (χ3n) is 1.72. The van der Waals surface area contributed by atoms with Crippen molar-refractivity contribution in [2.75, 3.05) is 13.7 Å². The lowest BCUT2D eigenvalue weighted by atomic mass is 10.2. The van der Waals surface area contributed by atoms with Gasteiger partial charge in [0, 0.05) is 7.05 Å². The van der Waals surface area contributed by atoms with E-state index in [4.69, 9.17) is 4.74 Å². The molecule has 0 spiro atoms. The lowest BCUT2D eigenvalue weighted by molar-refractivity contribution is -0.145. The van der Waals surface area contributed by atoms with Crippen LogP contribution in [0.2, 0.25) is 0 Å². The van der Waals surface area contributed by atoms with Gasteiger partial charge in [-0.2, -0.15) is 15.0 Å². The predicted octanol–water partition coefficient (Wildman–Crippen LogP) is -0.361. The molecule has 0 aliphatic carbocycles. The molecule has 0 saturated heterocycles. The largest absolute Gasteiger partial charge is 0.465 e. The Morgan fingerprint density at radius 3 is 2.93 bits per heavy atom. The number of carbonyl (C=O) groups excluding carboxylic acids is 1. The van der Waals surface area contributed by atoms with Crippen molar-refractivity contribution < 1.29 is 9.53 Å². The van der Waals surface area contributed by atoms with Crippen LogP contribution in [0.5, 0.6) is 0 Å².